The van der Waals surface area contributed by atoms with Crippen molar-refractivity contribution in [1.82, 2.24) is 15.1 Å². The van der Waals surface area contributed by atoms with Crippen LogP contribution in [0, 0.1) is 17.7 Å². The van der Waals surface area contributed by atoms with Gasteiger partial charge >= 0.3 is 0 Å². The van der Waals surface area contributed by atoms with Crippen molar-refractivity contribution < 1.29 is 9.18 Å². The fraction of sp³-hybridized carbons (Fsp3) is 0.667. The summed E-state index contributed by atoms with van der Waals surface area (Å²) in [4.78, 5) is 17.2. The molecule has 0 spiro atoms. The SMILES string of the molecule is CC(CC(=O)N1CCCN(Cc2ccc(F)cc2)CC1)C1CCCNC1.Cl.Cl. The number of hydrogen-bond donors (Lipinski definition) is 1. The van der Waals surface area contributed by atoms with Crippen molar-refractivity contribution >= 4 is 30.7 Å². The van der Waals surface area contributed by atoms with E-state index >= 15 is 0 Å². The molecule has 3 rings (SSSR count). The highest BCUT2D eigenvalue weighted by Gasteiger charge is 2.25. The number of piperidine rings is 1. The first-order valence-electron chi connectivity index (χ1n) is 10.1. The van der Waals surface area contributed by atoms with Gasteiger partial charge in [0.1, 0.15) is 5.82 Å². The molecule has 7 heteroatoms. The van der Waals surface area contributed by atoms with Gasteiger partial charge in [-0.3, -0.25) is 9.69 Å². The van der Waals surface area contributed by atoms with Gasteiger partial charge in [0, 0.05) is 39.1 Å². The third-order valence-corrected chi connectivity index (χ3v) is 5.90. The Labute approximate surface area is 181 Å². The Morgan fingerprint density at radius 3 is 2.57 bits per heavy atom. The van der Waals surface area contributed by atoms with E-state index in [1.54, 1.807) is 0 Å². The normalized spacial score (nSPS) is 21.8. The molecule has 1 amide bonds. The third kappa shape index (κ3) is 7.51. The van der Waals surface area contributed by atoms with Gasteiger partial charge in [-0.1, -0.05) is 19.1 Å². The highest BCUT2D eigenvalue weighted by atomic mass is 35.5. The summed E-state index contributed by atoms with van der Waals surface area (Å²) < 4.78 is 13.0. The van der Waals surface area contributed by atoms with E-state index in [0.29, 0.717) is 24.2 Å². The maximum Gasteiger partial charge on any atom is 0.222 e. The Kier molecular flexibility index (Phi) is 11.4. The zero-order chi connectivity index (χ0) is 18.4. The molecule has 0 aromatic heterocycles. The first kappa shape index (κ1) is 25.2. The number of nitrogens with zero attached hydrogens (tertiary/aromatic N) is 2. The van der Waals surface area contributed by atoms with Crippen LogP contribution in [0.4, 0.5) is 4.39 Å². The maximum atomic E-state index is 13.0. The first-order valence-corrected chi connectivity index (χ1v) is 10.1. The minimum Gasteiger partial charge on any atom is -0.341 e. The van der Waals surface area contributed by atoms with Crippen LogP contribution in [-0.2, 0) is 11.3 Å². The standard InChI is InChI=1S/C21H32FN3O.2ClH/c1-17(19-4-2-9-23-15-19)14-21(26)25-11-3-10-24(12-13-25)16-18-5-7-20(22)8-6-18;;/h5-8,17,19,23H,2-4,9-16H2,1H3;2*1H. The van der Waals surface area contributed by atoms with Gasteiger partial charge in [0.05, 0.1) is 0 Å². The second-order valence-corrected chi connectivity index (χ2v) is 7.92. The van der Waals surface area contributed by atoms with Crippen molar-refractivity contribution in [1.29, 1.82) is 0 Å². The highest BCUT2D eigenvalue weighted by molar-refractivity contribution is 5.85. The van der Waals surface area contributed by atoms with Crippen LogP contribution < -0.4 is 5.32 Å². The fourth-order valence-electron chi connectivity index (χ4n) is 4.16. The maximum absolute atomic E-state index is 13.0. The summed E-state index contributed by atoms with van der Waals surface area (Å²) in [6.45, 7) is 8.77. The fourth-order valence-corrected chi connectivity index (χ4v) is 4.16. The zero-order valence-corrected chi connectivity index (χ0v) is 18.4. The average molecular weight is 434 g/mol. The van der Waals surface area contributed by atoms with Crippen LogP contribution in [0.15, 0.2) is 24.3 Å². The molecule has 0 bridgehead atoms. The van der Waals surface area contributed by atoms with Crippen LogP contribution >= 0.6 is 24.8 Å². The lowest BCUT2D eigenvalue weighted by Crippen LogP contribution is -2.38. The summed E-state index contributed by atoms with van der Waals surface area (Å²) in [5.74, 6) is 1.21. The smallest absolute Gasteiger partial charge is 0.222 e. The number of halogens is 3. The van der Waals surface area contributed by atoms with Gasteiger partial charge in [0.2, 0.25) is 5.91 Å². The molecule has 0 radical (unpaired) electrons. The number of carbonyl (C=O) groups excluding carboxylic acids is 1. The van der Waals surface area contributed by atoms with Crippen LogP contribution in [0.5, 0.6) is 0 Å². The molecule has 2 aliphatic rings. The summed E-state index contributed by atoms with van der Waals surface area (Å²) in [6.07, 6.45) is 4.15. The van der Waals surface area contributed by atoms with Gasteiger partial charge < -0.3 is 10.2 Å². The van der Waals surface area contributed by atoms with Gasteiger partial charge in [-0.15, -0.1) is 24.8 Å². The molecular weight excluding hydrogens is 400 g/mol. The Morgan fingerprint density at radius 2 is 1.89 bits per heavy atom. The molecule has 2 saturated heterocycles. The number of hydrogen-bond acceptors (Lipinski definition) is 3. The van der Waals surface area contributed by atoms with Crippen molar-refractivity contribution in [3.05, 3.63) is 35.6 Å². The minimum atomic E-state index is -0.191. The van der Waals surface area contributed by atoms with E-state index in [1.807, 2.05) is 12.1 Å². The van der Waals surface area contributed by atoms with E-state index in [0.717, 1.165) is 57.8 Å². The lowest BCUT2D eigenvalue weighted by molar-refractivity contribution is -0.132. The molecule has 0 saturated carbocycles. The molecule has 2 heterocycles. The molecule has 1 aromatic rings. The molecule has 1 N–H and O–H groups in total. The van der Waals surface area contributed by atoms with Crippen molar-refractivity contribution in [2.75, 3.05) is 39.3 Å². The molecule has 2 aliphatic heterocycles. The molecule has 0 aliphatic carbocycles. The Bertz CT molecular complexity index is 582. The minimum absolute atomic E-state index is 0. The van der Waals surface area contributed by atoms with Gasteiger partial charge in [-0.2, -0.15) is 0 Å². The largest absolute Gasteiger partial charge is 0.341 e. The number of benzene rings is 1. The van der Waals surface area contributed by atoms with E-state index in [-0.39, 0.29) is 30.6 Å². The predicted octanol–water partition coefficient (Wildman–Crippen LogP) is 3.73. The summed E-state index contributed by atoms with van der Waals surface area (Å²) in [5, 5.41) is 3.46. The molecule has 4 nitrogen and oxygen atoms in total. The third-order valence-electron chi connectivity index (χ3n) is 5.90. The van der Waals surface area contributed by atoms with Gasteiger partial charge in [0.15, 0.2) is 0 Å². The molecule has 1 aromatic carbocycles. The number of amides is 1. The number of rotatable bonds is 5. The van der Waals surface area contributed by atoms with E-state index in [1.165, 1.54) is 25.0 Å². The van der Waals surface area contributed by atoms with Crippen molar-refractivity contribution in [2.24, 2.45) is 11.8 Å². The van der Waals surface area contributed by atoms with Crippen LogP contribution in [-0.4, -0.2) is 55.0 Å². The van der Waals surface area contributed by atoms with Crippen molar-refractivity contribution in [3.8, 4) is 0 Å². The summed E-state index contributed by atoms with van der Waals surface area (Å²) in [5.41, 5.74) is 1.13. The lowest BCUT2D eigenvalue weighted by atomic mass is 9.85. The van der Waals surface area contributed by atoms with Crippen LogP contribution in [0.25, 0.3) is 0 Å². The molecule has 2 atom stereocenters. The van der Waals surface area contributed by atoms with E-state index in [4.69, 9.17) is 0 Å². The van der Waals surface area contributed by atoms with Gasteiger partial charge in [-0.05, 0) is 61.9 Å². The lowest BCUT2D eigenvalue weighted by Gasteiger charge is -2.30. The van der Waals surface area contributed by atoms with E-state index in [2.05, 4.69) is 22.0 Å². The second-order valence-electron chi connectivity index (χ2n) is 7.92. The van der Waals surface area contributed by atoms with Crippen molar-refractivity contribution in [3.63, 3.8) is 0 Å². The molecule has 28 heavy (non-hydrogen) atoms. The topological polar surface area (TPSA) is 35.6 Å². The summed E-state index contributed by atoms with van der Waals surface area (Å²) >= 11 is 0. The first-order chi connectivity index (χ1) is 12.6. The highest BCUT2D eigenvalue weighted by Crippen LogP contribution is 2.23. The number of nitrogens with one attached hydrogen (secondary N) is 1. The quantitative estimate of drug-likeness (QED) is 0.767. The monoisotopic (exact) mass is 433 g/mol. The summed E-state index contributed by atoms with van der Waals surface area (Å²) in [6, 6.07) is 6.74. The molecule has 2 fully saturated rings. The Balaban J connectivity index is 0.00000196. The zero-order valence-electron chi connectivity index (χ0n) is 16.7. The predicted molar refractivity (Wildman–Crippen MR) is 117 cm³/mol. The average Bonchev–Trinajstić information content (AvgIpc) is 2.90. The summed E-state index contributed by atoms with van der Waals surface area (Å²) in [7, 11) is 0. The van der Waals surface area contributed by atoms with Crippen LogP contribution in [0.3, 0.4) is 0 Å². The van der Waals surface area contributed by atoms with Crippen molar-refractivity contribution in [2.45, 2.75) is 39.2 Å². The Morgan fingerprint density at radius 1 is 1.14 bits per heavy atom. The molecule has 2 unspecified atom stereocenters. The second kappa shape index (κ2) is 12.6. The van der Waals surface area contributed by atoms with E-state index in [9.17, 15) is 9.18 Å². The molecule has 160 valence electrons. The molecular formula is C21H34Cl2FN3O. The van der Waals surface area contributed by atoms with E-state index < -0.39 is 0 Å². The van der Waals surface area contributed by atoms with Crippen LogP contribution in [0.1, 0.15) is 38.2 Å². The van der Waals surface area contributed by atoms with Gasteiger partial charge in [0.25, 0.3) is 0 Å². The van der Waals surface area contributed by atoms with Crippen LogP contribution in [0.2, 0.25) is 0 Å². The Hall–Kier alpha value is -0.880. The van der Waals surface area contributed by atoms with Gasteiger partial charge in [-0.25, -0.2) is 4.39 Å². The number of carbonyl (C=O) groups is 1.